The van der Waals surface area contributed by atoms with Crippen molar-refractivity contribution in [3.05, 3.63) is 113 Å². The van der Waals surface area contributed by atoms with Crippen LogP contribution in [0.15, 0.2) is 79.1 Å². The van der Waals surface area contributed by atoms with Crippen LogP contribution >= 0.6 is 0 Å². The third-order valence-electron chi connectivity index (χ3n) is 5.11. The summed E-state index contributed by atoms with van der Waals surface area (Å²) in [6, 6.07) is 15.7. The quantitative estimate of drug-likeness (QED) is 0.271. The number of rotatable bonds is 6. The number of hydrogen-bond donors (Lipinski definition) is 0. The Hall–Kier alpha value is -4.04. The van der Waals surface area contributed by atoms with Gasteiger partial charge in [-0.2, -0.15) is 0 Å². The van der Waals surface area contributed by atoms with E-state index in [9.17, 15) is 8.78 Å². The molecule has 1 heterocycles. The van der Waals surface area contributed by atoms with Gasteiger partial charge in [0.25, 0.3) is 0 Å². The normalized spacial score (nSPS) is 10.9. The zero-order valence-electron chi connectivity index (χ0n) is 18.2. The van der Waals surface area contributed by atoms with Gasteiger partial charge in [0.2, 0.25) is 0 Å². The van der Waals surface area contributed by atoms with Gasteiger partial charge in [0.05, 0.1) is 12.4 Å². The van der Waals surface area contributed by atoms with Gasteiger partial charge in [-0.15, -0.1) is 0 Å². The van der Waals surface area contributed by atoms with E-state index in [0.29, 0.717) is 17.7 Å². The first-order valence-corrected chi connectivity index (χ1v) is 10.7. The predicted molar refractivity (Wildman–Crippen MR) is 126 cm³/mol. The van der Waals surface area contributed by atoms with E-state index in [-0.39, 0.29) is 5.39 Å². The zero-order valence-corrected chi connectivity index (χ0v) is 18.2. The maximum absolute atomic E-state index is 13.8. The largest absolute Gasteiger partial charge is 0.486 e. The van der Waals surface area contributed by atoms with Crippen molar-refractivity contribution in [1.29, 1.82) is 0 Å². The standard InChI is InChI=1S/C28H22F2N2O/c1-2-3-16-33-24-18-31-27(32-19-24)15-11-21-6-4-20(5-7-21)8-9-22-10-13-25-23(17-22)12-14-26(29)28(25)30/h2-7,10,12-14,17-19H,11,15-16H2,1H3/b3-2+. The Morgan fingerprint density at radius 1 is 0.879 bits per heavy atom. The Morgan fingerprint density at radius 2 is 1.61 bits per heavy atom. The first-order chi connectivity index (χ1) is 16.1. The molecule has 164 valence electrons. The van der Waals surface area contributed by atoms with Gasteiger partial charge in [0.1, 0.15) is 12.4 Å². The van der Waals surface area contributed by atoms with Gasteiger partial charge in [0.15, 0.2) is 17.4 Å². The van der Waals surface area contributed by atoms with Crippen LogP contribution in [0.1, 0.15) is 29.4 Å². The molecule has 0 saturated carbocycles. The van der Waals surface area contributed by atoms with Crippen LogP contribution in [-0.2, 0) is 12.8 Å². The summed E-state index contributed by atoms with van der Waals surface area (Å²) in [5.74, 6) is 5.95. The first kappa shape index (κ1) is 22.2. The Bertz CT molecular complexity index is 1330. The van der Waals surface area contributed by atoms with Gasteiger partial charge in [-0.3, -0.25) is 0 Å². The summed E-state index contributed by atoms with van der Waals surface area (Å²) in [4.78, 5) is 8.72. The van der Waals surface area contributed by atoms with Crippen LogP contribution in [0.25, 0.3) is 10.8 Å². The average molecular weight is 440 g/mol. The Kier molecular flexibility index (Phi) is 7.06. The lowest BCUT2D eigenvalue weighted by molar-refractivity contribution is 0.359. The molecule has 0 spiro atoms. The maximum Gasteiger partial charge on any atom is 0.166 e. The third kappa shape index (κ3) is 5.81. The molecule has 0 N–H and O–H groups in total. The molecular formula is C28H22F2N2O. The van der Waals surface area contributed by atoms with Crippen molar-refractivity contribution in [2.24, 2.45) is 0 Å². The summed E-state index contributed by atoms with van der Waals surface area (Å²) in [7, 11) is 0. The van der Waals surface area contributed by atoms with Crippen LogP contribution in [0.5, 0.6) is 5.75 Å². The van der Waals surface area contributed by atoms with Crippen LogP contribution in [-0.4, -0.2) is 16.6 Å². The van der Waals surface area contributed by atoms with Gasteiger partial charge in [-0.05, 0) is 54.6 Å². The number of fused-ring (bicyclic) bond motifs is 1. The van der Waals surface area contributed by atoms with E-state index in [0.717, 1.165) is 35.9 Å². The summed E-state index contributed by atoms with van der Waals surface area (Å²) in [5, 5.41) is 0.875. The van der Waals surface area contributed by atoms with Crippen molar-refractivity contribution in [2.45, 2.75) is 19.8 Å². The van der Waals surface area contributed by atoms with Crippen LogP contribution in [0.4, 0.5) is 8.78 Å². The van der Waals surface area contributed by atoms with Crippen LogP contribution in [0.3, 0.4) is 0 Å². The van der Waals surface area contributed by atoms with Crippen molar-refractivity contribution >= 4 is 10.8 Å². The van der Waals surface area contributed by atoms with Gasteiger partial charge >= 0.3 is 0 Å². The third-order valence-corrected chi connectivity index (χ3v) is 5.11. The number of nitrogens with zero attached hydrogens (tertiary/aromatic N) is 2. The molecular weight excluding hydrogens is 418 g/mol. The average Bonchev–Trinajstić information content (AvgIpc) is 2.85. The summed E-state index contributed by atoms with van der Waals surface area (Å²) in [6.45, 7) is 2.45. The van der Waals surface area contributed by atoms with E-state index in [1.807, 2.05) is 43.3 Å². The molecule has 0 aliphatic rings. The molecule has 0 unspecified atom stereocenters. The summed E-state index contributed by atoms with van der Waals surface area (Å²) < 4.78 is 32.7. The number of halogens is 2. The summed E-state index contributed by atoms with van der Waals surface area (Å²) in [6.07, 6.45) is 8.80. The topological polar surface area (TPSA) is 35.0 Å². The Labute approximate surface area is 191 Å². The minimum Gasteiger partial charge on any atom is -0.486 e. The van der Waals surface area contributed by atoms with E-state index in [4.69, 9.17) is 4.74 Å². The number of hydrogen-bond acceptors (Lipinski definition) is 3. The van der Waals surface area contributed by atoms with Gasteiger partial charge < -0.3 is 4.74 Å². The van der Waals surface area contributed by atoms with Crippen molar-refractivity contribution < 1.29 is 13.5 Å². The number of aryl methyl sites for hydroxylation is 2. The van der Waals surface area contributed by atoms with E-state index in [2.05, 4.69) is 21.8 Å². The molecule has 0 amide bonds. The summed E-state index contributed by atoms with van der Waals surface area (Å²) in [5.41, 5.74) is 2.79. The van der Waals surface area contributed by atoms with Crippen LogP contribution in [0, 0.1) is 23.5 Å². The molecule has 0 aliphatic carbocycles. The number of ether oxygens (including phenoxy) is 1. The summed E-state index contributed by atoms with van der Waals surface area (Å²) >= 11 is 0. The SMILES string of the molecule is C/C=C/COc1cnc(CCc2ccc(C#Cc3ccc4c(F)c(F)ccc4c3)cc2)nc1. The zero-order chi connectivity index (χ0) is 23.0. The smallest absolute Gasteiger partial charge is 0.166 e. The molecule has 0 radical (unpaired) electrons. The molecule has 0 fully saturated rings. The van der Waals surface area contributed by atoms with E-state index < -0.39 is 11.6 Å². The lowest BCUT2D eigenvalue weighted by Gasteiger charge is -2.04. The fraction of sp³-hybridized carbons (Fsp3) is 0.143. The fourth-order valence-electron chi connectivity index (χ4n) is 3.29. The van der Waals surface area contributed by atoms with Crippen LogP contribution < -0.4 is 4.74 Å². The molecule has 0 saturated heterocycles. The molecule has 0 bridgehead atoms. The minimum atomic E-state index is -0.848. The number of aromatic nitrogens is 2. The predicted octanol–water partition coefficient (Wildman–Crippen LogP) is 6.05. The van der Waals surface area contributed by atoms with Crippen molar-refractivity contribution in [1.82, 2.24) is 9.97 Å². The monoisotopic (exact) mass is 440 g/mol. The highest BCUT2D eigenvalue weighted by molar-refractivity contribution is 5.84. The molecule has 4 aromatic rings. The molecule has 0 atom stereocenters. The second-order valence-corrected chi connectivity index (χ2v) is 7.46. The molecule has 0 aliphatic heterocycles. The van der Waals surface area contributed by atoms with E-state index in [1.165, 1.54) is 5.56 Å². The first-order valence-electron chi connectivity index (χ1n) is 10.7. The number of allylic oxidation sites excluding steroid dienone is 1. The Balaban J connectivity index is 1.36. The van der Waals surface area contributed by atoms with E-state index in [1.54, 1.807) is 36.7 Å². The van der Waals surface area contributed by atoms with Crippen LogP contribution in [0.2, 0.25) is 0 Å². The van der Waals surface area contributed by atoms with Gasteiger partial charge in [0, 0.05) is 22.9 Å². The van der Waals surface area contributed by atoms with Crippen molar-refractivity contribution in [2.75, 3.05) is 6.61 Å². The molecule has 5 heteroatoms. The van der Waals surface area contributed by atoms with Crippen molar-refractivity contribution in [3.63, 3.8) is 0 Å². The second kappa shape index (κ2) is 10.5. The molecule has 4 rings (SSSR count). The van der Waals surface area contributed by atoms with Gasteiger partial charge in [-0.25, -0.2) is 18.7 Å². The highest BCUT2D eigenvalue weighted by atomic mass is 19.2. The van der Waals surface area contributed by atoms with E-state index >= 15 is 0 Å². The molecule has 3 aromatic carbocycles. The van der Waals surface area contributed by atoms with Crippen molar-refractivity contribution in [3.8, 4) is 17.6 Å². The molecule has 3 nitrogen and oxygen atoms in total. The molecule has 1 aromatic heterocycles. The Morgan fingerprint density at radius 3 is 2.36 bits per heavy atom. The lowest BCUT2D eigenvalue weighted by Crippen LogP contribution is -2.00. The maximum atomic E-state index is 13.8. The lowest BCUT2D eigenvalue weighted by atomic mass is 10.1. The molecule has 33 heavy (non-hydrogen) atoms. The highest BCUT2D eigenvalue weighted by Crippen LogP contribution is 2.21. The highest BCUT2D eigenvalue weighted by Gasteiger charge is 2.06. The number of benzene rings is 3. The second-order valence-electron chi connectivity index (χ2n) is 7.46. The van der Waals surface area contributed by atoms with Gasteiger partial charge in [-0.1, -0.05) is 48.3 Å². The fourth-order valence-corrected chi connectivity index (χ4v) is 3.29. The minimum absolute atomic E-state index is 0.254.